The first-order valence-electron chi connectivity index (χ1n) is 13.0. The number of carbonyl (C=O) groups excluding carboxylic acids is 2. The molecule has 1 atom stereocenters. The SMILES string of the molecule is CC(C)N1CCC(Oc2ccc(C(=O)Cc3ccc(N(C)C(=O)Nc4cc(C(C)(C)C)on4)cc3)nc2)C1. The van der Waals surface area contributed by atoms with E-state index in [4.69, 9.17) is 9.26 Å². The zero-order valence-electron chi connectivity index (χ0n) is 23.0. The van der Waals surface area contributed by atoms with Crippen molar-refractivity contribution >= 4 is 23.3 Å². The first kappa shape index (κ1) is 27.3. The van der Waals surface area contributed by atoms with Gasteiger partial charge >= 0.3 is 6.03 Å². The molecule has 1 aromatic carbocycles. The number of pyridine rings is 1. The number of hydrogen-bond donors (Lipinski definition) is 1. The third-order valence-electron chi connectivity index (χ3n) is 6.71. The predicted octanol–water partition coefficient (Wildman–Crippen LogP) is 5.32. The van der Waals surface area contributed by atoms with Gasteiger partial charge in [0.2, 0.25) is 0 Å². The van der Waals surface area contributed by atoms with Crippen LogP contribution >= 0.6 is 0 Å². The van der Waals surface area contributed by atoms with Crippen LogP contribution in [0.2, 0.25) is 0 Å². The van der Waals surface area contributed by atoms with E-state index in [2.05, 4.69) is 34.2 Å². The maximum absolute atomic E-state index is 12.8. The summed E-state index contributed by atoms with van der Waals surface area (Å²) in [6.07, 6.45) is 2.98. The molecule has 1 saturated heterocycles. The molecule has 0 spiro atoms. The minimum Gasteiger partial charge on any atom is -0.487 e. The molecular formula is C29H37N5O4. The molecule has 1 aliphatic heterocycles. The molecule has 3 aromatic rings. The first-order valence-corrected chi connectivity index (χ1v) is 13.0. The molecular weight excluding hydrogens is 482 g/mol. The highest BCUT2D eigenvalue weighted by Crippen LogP contribution is 2.25. The summed E-state index contributed by atoms with van der Waals surface area (Å²) in [5.41, 5.74) is 1.71. The molecule has 9 heteroatoms. The smallest absolute Gasteiger partial charge is 0.327 e. The van der Waals surface area contributed by atoms with Gasteiger partial charge in [-0.15, -0.1) is 0 Å². The number of ketones is 1. The van der Waals surface area contributed by atoms with Crippen LogP contribution in [0.5, 0.6) is 5.75 Å². The van der Waals surface area contributed by atoms with Crippen molar-refractivity contribution in [3.63, 3.8) is 0 Å². The summed E-state index contributed by atoms with van der Waals surface area (Å²) in [6, 6.07) is 12.7. The van der Waals surface area contributed by atoms with Crippen molar-refractivity contribution in [2.45, 2.75) is 65.0 Å². The molecule has 0 aliphatic carbocycles. The second-order valence-corrected chi connectivity index (χ2v) is 11.1. The molecule has 1 aliphatic rings. The third-order valence-corrected chi connectivity index (χ3v) is 6.71. The van der Waals surface area contributed by atoms with E-state index in [0.717, 1.165) is 25.1 Å². The van der Waals surface area contributed by atoms with E-state index in [-0.39, 0.29) is 29.8 Å². The van der Waals surface area contributed by atoms with Crippen molar-refractivity contribution in [1.82, 2.24) is 15.0 Å². The molecule has 2 aromatic heterocycles. The van der Waals surface area contributed by atoms with Gasteiger partial charge in [-0.3, -0.25) is 19.9 Å². The van der Waals surface area contributed by atoms with Crippen LogP contribution in [0, 0.1) is 0 Å². The molecule has 9 nitrogen and oxygen atoms in total. The van der Waals surface area contributed by atoms with Crippen molar-refractivity contribution in [3.05, 3.63) is 65.7 Å². The summed E-state index contributed by atoms with van der Waals surface area (Å²) in [6.45, 7) is 12.3. The van der Waals surface area contributed by atoms with Gasteiger partial charge in [-0.25, -0.2) is 9.78 Å². The molecule has 1 unspecified atom stereocenters. The second kappa shape index (κ2) is 11.3. The van der Waals surface area contributed by atoms with Gasteiger partial charge in [0, 0.05) is 49.8 Å². The predicted molar refractivity (Wildman–Crippen MR) is 147 cm³/mol. The highest BCUT2D eigenvalue weighted by atomic mass is 16.5. The molecule has 0 saturated carbocycles. The number of nitrogens with one attached hydrogen (secondary N) is 1. The van der Waals surface area contributed by atoms with E-state index in [1.165, 1.54) is 4.90 Å². The second-order valence-electron chi connectivity index (χ2n) is 11.1. The highest BCUT2D eigenvalue weighted by molar-refractivity contribution is 6.01. The Balaban J connectivity index is 1.29. The minimum atomic E-state index is -0.344. The molecule has 0 radical (unpaired) electrons. The molecule has 202 valence electrons. The number of likely N-dealkylation sites (tertiary alicyclic amines) is 1. The fourth-order valence-electron chi connectivity index (χ4n) is 4.24. The first-order chi connectivity index (χ1) is 18.0. The topological polar surface area (TPSA) is 101 Å². The zero-order chi connectivity index (χ0) is 27.4. The molecule has 3 heterocycles. The number of Topliss-reactive ketones (excluding diaryl/α,β-unsaturated/α-hetero) is 1. The summed E-state index contributed by atoms with van der Waals surface area (Å²) >= 11 is 0. The number of nitrogens with zero attached hydrogens (tertiary/aromatic N) is 4. The Kier molecular flexibility index (Phi) is 8.16. The van der Waals surface area contributed by atoms with E-state index < -0.39 is 0 Å². The average molecular weight is 520 g/mol. The monoisotopic (exact) mass is 519 g/mol. The lowest BCUT2D eigenvalue weighted by atomic mass is 9.93. The standard InChI is InChI=1S/C29H37N5O4/c1-19(2)34-14-13-23(18-34)37-22-11-12-24(30-17-22)25(35)15-20-7-9-21(10-8-20)33(6)28(36)31-27-16-26(38-32-27)29(3,4)5/h7-12,16-17,19,23H,13-15,18H2,1-6H3,(H,31,32,36). The number of rotatable bonds is 8. The van der Waals surface area contributed by atoms with Crippen molar-refractivity contribution in [1.29, 1.82) is 0 Å². The van der Waals surface area contributed by atoms with Gasteiger partial charge in [-0.1, -0.05) is 38.1 Å². The average Bonchev–Trinajstić information content (AvgIpc) is 3.54. The van der Waals surface area contributed by atoms with Gasteiger partial charge in [0.25, 0.3) is 0 Å². The normalized spacial score (nSPS) is 16.0. The number of urea groups is 1. The summed E-state index contributed by atoms with van der Waals surface area (Å²) in [4.78, 5) is 33.7. The molecule has 38 heavy (non-hydrogen) atoms. The van der Waals surface area contributed by atoms with Gasteiger partial charge in [-0.2, -0.15) is 0 Å². The van der Waals surface area contributed by atoms with Crippen molar-refractivity contribution in [2.75, 3.05) is 30.4 Å². The summed E-state index contributed by atoms with van der Waals surface area (Å²) < 4.78 is 11.4. The van der Waals surface area contributed by atoms with Gasteiger partial charge in [-0.05, 0) is 50.1 Å². The van der Waals surface area contributed by atoms with Crippen molar-refractivity contribution in [2.24, 2.45) is 0 Å². The lowest BCUT2D eigenvalue weighted by molar-refractivity contribution is 0.0988. The Morgan fingerprint density at radius 3 is 2.50 bits per heavy atom. The van der Waals surface area contributed by atoms with E-state index in [9.17, 15) is 9.59 Å². The van der Waals surface area contributed by atoms with Crippen LogP contribution in [-0.2, 0) is 11.8 Å². The van der Waals surface area contributed by atoms with Gasteiger partial charge < -0.3 is 9.26 Å². The van der Waals surface area contributed by atoms with Crippen LogP contribution in [0.25, 0.3) is 0 Å². The Morgan fingerprint density at radius 2 is 1.92 bits per heavy atom. The largest absolute Gasteiger partial charge is 0.487 e. The number of hydrogen-bond acceptors (Lipinski definition) is 7. The quantitative estimate of drug-likeness (QED) is 0.402. The number of benzene rings is 1. The van der Waals surface area contributed by atoms with Gasteiger partial charge in [0.1, 0.15) is 23.3 Å². The maximum atomic E-state index is 12.8. The van der Waals surface area contributed by atoms with E-state index >= 15 is 0 Å². The van der Waals surface area contributed by atoms with Crippen LogP contribution in [-0.4, -0.2) is 59.1 Å². The Morgan fingerprint density at radius 1 is 1.18 bits per heavy atom. The third kappa shape index (κ3) is 6.77. The maximum Gasteiger partial charge on any atom is 0.327 e. The van der Waals surface area contributed by atoms with Crippen molar-refractivity contribution < 1.29 is 18.8 Å². The molecule has 4 rings (SSSR count). The van der Waals surface area contributed by atoms with Gasteiger partial charge in [0.15, 0.2) is 11.6 Å². The lowest BCUT2D eigenvalue weighted by Crippen LogP contribution is -2.31. The van der Waals surface area contributed by atoms with Crippen LogP contribution < -0.4 is 15.0 Å². The Hall–Kier alpha value is -3.72. The fourth-order valence-corrected chi connectivity index (χ4v) is 4.24. The van der Waals surface area contributed by atoms with E-state index in [0.29, 0.717) is 34.8 Å². The zero-order valence-corrected chi connectivity index (χ0v) is 23.0. The molecule has 0 bridgehead atoms. The number of carbonyl (C=O) groups is 2. The summed E-state index contributed by atoms with van der Waals surface area (Å²) in [5, 5.41) is 6.67. The minimum absolute atomic E-state index is 0.0806. The highest BCUT2D eigenvalue weighted by Gasteiger charge is 2.26. The molecule has 2 amide bonds. The lowest BCUT2D eigenvalue weighted by Gasteiger charge is -2.20. The Labute approximate surface area is 224 Å². The van der Waals surface area contributed by atoms with Crippen LogP contribution in [0.3, 0.4) is 0 Å². The van der Waals surface area contributed by atoms with Gasteiger partial charge in [0.05, 0.1) is 6.20 Å². The number of anilines is 2. The van der Waals surface area contributed by atoms with Crippen LogP contribution in [0.15, 0.2) is 53.2 Å². The van der Waals surface area contributed by atoms with E-state index in [1.54, 1.807) is 37.5 Å². The number of amides is 2. The number of aromatic nitrogens is 2. The summed E-state index contributed by atoms with van der Waals surface area (Å²) in [5.74, 6) is 1.65. The number of ether oxygens (including phenoxy) is 1. The van der Waals surface area contributed by atoms with Crippen molar-refractivity contribution in [3.8, 4) is 5.75 Å². The van der Waals surface area contributed by atoms with E-state index in [1.807, 2.05) is 39.0 Å². The summed E-state index contributed by atoms with van der Waals surface area (Å²) in [7, 11) is 1.67. The molecule has 1 fully saturated rings. The van der Waals surface area contributed by atoms with Crippen LogP contribution in [0.1, 0.15) is 62.9 Å². The Bertz CT molecular complexity index is 1250. The fraction of sp³-hybridized carbons (Fsp3) is 0.448. The van der Waals surface area contributed by atoms with Crippen LogP contribution in [0.4, 0.5) is 16.3 Å². The molecule has 1 N–H and O–H groups in total.